The monoisotopic (exact) mass is 295 g/mol. The lowest BCUT2D eigenvalue weighted by atomic mass is 10.3. The summed E-state index contributed by atoms with van der Waals surface area (Å²) < 4.78 is 46.9. The number of ether oxygens (including phenoxy) is 2. The van der Waals surface area contributed by atoms with Gasteiger partial charge in [0.15, 0.2) is 0 Å². The summed E-state index contributed by atoms with van der Waals surface area (Å²) in [6.07, 6.45) is -0.718. The van der Waals surface area contributed by atoms with Crippen molar-refractivity contribution in [1.29, 1.82) is 0 Å². The summed E-state index contributed by atoms with van der Waals surface area (Å²) in [5.74, 6) is 0.539. The molecule has 0 bridgehead atoms. The number of para-hydroxylation sites is 2. The van der Waals surface area contributed by atoms with Crippen LogP contribution in [0.25, 0.3) is 0 Å². The smallest absolute Gasteiger partial charge is 0.410 e. The molecule has 0 saturated heterocycles. The van der Waals surface area contributed by atoms with Crippen molar-refractivity contribution in [3.63, 3.8) is 0 Å². The quantitative estimate of drug-likeness (QED) is 0.496. The molecule has 0 aliphatic rings. The molecule has 0 fully saturated rings. The van der Waals surface area contributed by atoms with E-state index in [-0.39, 0.29) is 11.5 Å². The Morgan fingerprint density at radius 2 is 1.25 bits per heavy atom. The first-order chi connectivity index (χ1) is 9.53. The van der Waals surface area contributed by atoms with E-state index in [4.69, 9.17) is 9.47 Å². The molecule has 2 aromatic rings. The molecule has 0 aliphatic heterocycles. The van der Waals surface area contributed by atoms with Gasteiger partial charge in [0.05, 0.1) is 0 Å². The Morgan fingerprint density at radius 3 is 1.60 bits per heavy atom. The Hall–Kier alpha value is -2.41. The first kappa shape index (κ1) is 14.0. The molecule has 0 N–H and O–H groups in total. The summed E-state index contributed by atoms with van der Waals surface area (Å²) in [7, 11) is -5.13. The molecular weight excluding hydrogens is 285 g/mol. The van der Waals surface area contributed by atoms with E-state index in [1.165, 1.54) is 0 Å². The minimum atomic E-state index is -5.13. The fourth-order valence-electron chi connectivity index (χ4n) is 1.33. The maximum absolute atomic E-state index is 12.7. The Bertz CT molecular complexity index is 643. The molecule has 0 spiro atoms. The van der Waals surface area contributed by atoms with Crippen LogP contribution in [0.4, 0.5) is 3.89 Å². The van der Waals surface area contributed by atoms with E-state index >= 15 is 0 Å². The highest BCUT2D eigenvalue weighted by atomic mass is 32.3. The van der Waals surface area contributed by atoms with E-state index in [1.807, 2.05) is 0 Å². The van der Waals surface area contributed by atoms with Gasteiger partial charge in [0, 0.05) is 0 Å². The van der Waals surface area contributed by atoms with Crippen molar-refractivity contribution >= 4 is 16.5 Å². The number of nitrogens with zero attached hydrogens (tertiary/aromatic N) is 1. The van der Waals surface area contributed by atoms with Crippen molar-refractivity contribution in [1.82, 2.24) is 0 Å². The maximum atomic E-state index is 12.7. The van der Waals surface area contributed by atoms with E-state index in [2.05, 4.69) is 4.40 Å². The molecular formula is C13H10FNO4S. The van der Waals surface area contributed by atoms with Gasteiger partial charge in [-0.3, -0.25) is 0 Å². The van der Waals surface area contributed by atoms with Gasteiger partial charge >= 0.3 is 16.5 Å². The number of halogens is 1. The van der Waals surface area contributed by atoms with Crippen molar-refractivity contribution < 1.29 is 21.8 Å². The Labute approximate surface area is 115 Å². The topological polar surface area (TPSA) is 65.0 Å². The molecule has 0 aromatic heterocycles. The van der Waals surface area contributed by atoms with Gasteiger partial charge in [0.25, 0.3) is 0 Å². The maximum Gasteiger partial charge on any atom is 0.423 e. The second-order valence-corrected chi connectivity index (χ2v) is 4.61. The van der Waals surface area contributed by atoms with E-state index in [0.717, 1.165) is 0 Å². The number of benzene rings is 2. The van der Waals surface area contributed by atoms with Gasteiger partial charge in [-0.1, -0.05) is 44.7 Å². The highest BCUT2D eigenvalue weighted by Gasteiger charge is 2.13. The highest BCUT2D eigenvalue weighted by Crippen LogP contribution is 2.14. The molecule has 2 aromatic carbocycles. The van der Waals surface area contributed by atoms with Crippen LogP contribution in [0.1, 0.15) is 0 Å². The van der Waals surface area contributed by atoms with Gasteiger partial charge in [0.2, 0.25) is 0 Å². The van der Waals surface area contributed by atoms with Crippen LogP contribution in [0.2, 0.25) is 0 Å². The third kappa shape index (κ3) is 4.69. The minimum absolute atomic E-state index is 0.269. The molecule has 0 saturated carbocycles. The zero-order valence-electron chi connectivity index (χ0n) is 10.1. The zero-order valence-corrected chi connectivity index (χ0v) is 11.0. The van der Waals surface area contributed by atoms with E-state index in [9.17, 15) is 12.3 Å². The molecule has 5 nitrogen and oxygen atoms in total. The molecule has 0 aliphatic carbocycles. The SMILES string of the molecule is O=S(=O)(F)N=C(Oc1ccccc1)Oc1ccccc1. The third-order valence-electron chi connectivity index (χ3n) is 2.08. The summed E-state index contributed by atoms with van der Waals surface area (Å²) in [5, 5.41) is 0. The van der Waals surface area contributed by atoms with Crippen molar-refractivity contribution in [2.45, 2.75) is 0 Å². The van der Waals surface area contributed by atoms with Crippen molar-refractivity contribution in [3.8, 4) is 11.5 Å². The third-order valence-corrected chi connectivity index (χ3v) is 2.45. The van der Waals surface area contributed by atoms with E-state index < -0.39 is 16.5 Å². The number of rotatable bonds is 3. The van der Waals surface area contributed by atoms with Crippen LogP contribution in [0, 0.1) is 0 Å². The second kappa shape index (κ2) is 6.16. The molecule has 2 rings (SSSR count). The number of hydrogen-bond acceptors (Lipinski definition) is 4. The normalized spacial score (nSPS) is 10.7. The summed E-state index contributed by atoms with van der Waals surface area (Å²) in [5.41, 5.74) is 0. The average molecular weight is 295 g/mol. The van der Waals surface area contributed by atoms with Crippen LogP contribution in [0.3, 0.4) is 0 Å². The van der Waals surface area contributed by atoms with Crippen LogP contribution < -0.4 is 9.47 Å². The van der Waals surface area contributed by atoms with Gasteiger partial charge in [-0.15, -0.1) is 0 Å². The van der Waals surface area contributed by atoms with Gasteiger partial charge in [0.1, 0.15) is 11.5 Å². The second-order valence-electron chi connectivity index (χ2n) is 3.60. The predicted molar refractivity (Wildman–Crippen MR) is 71.6 cm³/mol. The van der Waals surface area contributed by atoms with Crippen LogP contribution in [-0.4, -0.2) is 14.5 Å². The fraction of sp³-hybridized carbons (Fsp3) is 0. The summed E-state index contributed by atoms with van der Waals surface area (Å²) in [6, 6.07) is 16.4. The van der Waals surface area contributed by atoms with E-state index in [0.29, 0.717) is 0 Å². The van der Waals surface area contributed by atoms with E-state index in [1.54, 1.807) is 60.7 Å². The van der Waals surface area contributed by atoms with Crippen LogP contribution in [-0.2, 0) is 10.4 Å². The lowest BCUT2D eigenvalue weighted by molar-refractivity contribution is 0.386. The standard InChI is InChI=1S/C13H10FNO4S/c14-20(16,17)15-13(18-11-7-3-1-4-8-11)19-12-9-5-2-6-10-12/h1-10H. The van der Waals surface area contributed by atoms with Crippen LogP contribution in [0.5, 0.6) is 11.5 Å². The van der Waals surface area contributed by atoms with Gasteiger partial charge in [-0.2, -0.15) is 8.42 Å². The minimum Gasteiger partial charge on any atom is -0.410 e. The van der Waals surface area contributed by atoms with Gasteiger partial charge in [-0.25, -0.2) is 0 Å². The molecule has 0 unspecified atom stereocenters. The van der Waals surface area contributed by atoms with Gasteiger partial charge < -0.3 is 9.47 Å². The van der Waals surface area contributed by atoms with Gasteiger partial charge in [-0.05, 0) is 24.3 Å². The molecule has 0 atom stereocenters. The van der Waals surface area contributed by atoms with Crippen LogP contribution >= 0.6 is 0 Å². The Kier molecular flexibility index (Phi) is 4.31. The van der Waals surface area contributed by atoms with Crippen molar-refractivity contribution in [2.75, 3.05) is 0 Å². The largest absolute Gasteiger partial charge is 0.423 e. The zero-order chi connectivity index (χ0) is 14.4. The molecule has 7 heteroatoms. The fourth-order valence-corrected chi connectivity index (χ4v) is 1.58. The number of hydrogen-bond donors (Lipinski definition) is 0. The Balaban J connectivity index is 2.24. The molecule has 0 amide bonds. The summed E-state index contributed by atoms with van der Waals surface area (Å²) in [6.45, 7) is 0. The first-order valence-electron chi connectivity index (χ1n) is 5.53. The molecule has 104 valence electrons. The van der Waals surface area contributed by atoms with Crippen LogP contribution in [0.15, 0.2) is 65.1 Å². The first-order valence-corrected chi connectivity index (χ1v) is 6.87. The summed E-state index contributed by atoms with van der Waals surface area (Å²) in [4.78, 5) is 0. The average Bonchev–Trinajstić information content (AvgIpc) is 2.39. The van der Waals surface area contributed by atoms with Crippen molar-refractivity contribution in [2.24, 2.45) is 4.40 Å². The highest BCUT2D eigenvalue weighted by molar-refractivity contribution is 7.85. The summed E-state index contributed by atoms with van der Waals surface area (Å²) >= 11 is 0. The lowest BCUT2D eigenvalue weighted by Crippen LogP contribution is -2.18. The van der Waals surface area contributed by atoms with Crippen molar-refractivity contribution in [3.05, 3.63) is 60.7 Å². The molecule has 0 heterocycles. The molecule has 20 heavy (non-hydrogen) atoms. The predicted octanol–water partition coefficient (Wildman–Crippen LogP) is 2.71. The Morgan fingerprint density at radius 1 is 0.850 bits per heavy atom. The lowest BCUT2D eigenvalue weighted by Gasteiger charge is -2.08. The molecule has 0 radical (unpaired) electrons.